The van der Waals surface area contributed by atoms with Crippen LogP contribution >= 0.6 is 0 Å². The van der Waals surface area contributed by atoms with Crippen molar-refractivity contribution >= 4 is 16.7 Å². The maximum Gasteiger partial charge on any atom is 0.164 e. The summed E-state index contributed by atoms with van der Waals surface area (Å²) in [4.78, 5) is 16.0. The van der Waals surface area contributed by atoms with Crippen LogP contribution in [0, 0.1) is 36.6 Å². The van der Waals surface area contributed by atoms with Gasteiger partial charge in [-0.25, -0.2) is 4.39 Å². The van der Waals surface area contributed by atoms with Gasteiger partial charge in [-0.2, -0.15) is 0 Å². The van der Waals surface area contributed by atoms with Crippen LogP contribution < -0.4 is 4.74 Å². The molecule has 1 N–H and O–H groups in total. The van der Waals surface area contributed by atoms with Gasteiger partial charge in [0.2, 0.25) is 0 Å². The Morgan fingerprint density at radius 2 is 1.66 bits per heavy atom. The Morgan fingerprint density at radius 3 is 2.17 bits per heavy atom. The molecule has 0 amide bonds. The molecule has 6 heteroatoms. The molecule has 0 saturated heterocycles. The maximum absolute atomic E-state index is 13.4. The number of aryl methyl sites for hydroxylation is 2. The van der Waals surface area contributed by atoms with Gasteiger partial charge in [0, 0.05) is 48.1 Å². The first-order chi connectivity index (χ1) is 15.6. The van der Waals surface area contributed by atoms with Gasteiger partial charge in [-0.15, -0.1) is 34.9 Å². The van der Waals surface area contributed by atoms with Crippen LogP contribution in [0.3, 0.4) is 0 Å². The average Bonchev–Trinajstić information content (AvgIpc) is 2.71. The van der Waals surface area contributed by atoms with E-state index >= 15 is 0 Å². The molecule has 1 radical (unpaired) electrons. The van der Waals surface area contributed by atoms with E-state index < -0.39 is 5.41 Å². The smallest absolute Gasteiger partial charge is 0.164 e. The van der Waals surface area contributed by atoms with Crippen LogP contribution in [0.2, 0.25) is 0 Å². The number of aliphatic hydroxyl groups excluding tert-OH is 1. The predicted octanol–water partition coefficient (Wildman–Crippen LogP) is 7.55. The number of ether oxygens (including phenoxy) is 1. The topological polar surface area (TPSA) is 59.4 Å². The van der Waals surface area contributed by atoms with E-state index in [2.05, 4.69) is 17.1 Å². The van der Waals surface area contributed by atoms with Gasteiger partial charge in [0.1, 0.15) is 17.3 Å². The van der Waals surface area contributed by atoms with Crippen LogP contribution in [0.25, 0.3) is 22.2 Å². The quantitative estimate of drug-likeness (QED) is 0.180. The number of fused-ring (bicyclic) bond motifs is 1. The van der Waals surface area contributed by atoms with Crippen molar-refractivity contribution in [3.05, 3.63) is 71.2 Å². The molecule has 0 bridgehead atoms. The number of halogens is 1. The Bertz CT molecular complexity index is 1200. The van der Waals surface area contributed by atoms with E-state index in [4.69, 9.17) is 4.74 Å². The number of hydrogen-bond donors (Lipinski definition) is 1. The summed E-state index contributed by atoms with van der Waals surface area (Å²) in [5, 5.41) is 10.4. The maximum atomic E-state index is 13.4. The van der Waals surface area contributed by atoms with Crippen LogP contribution in [0.5, 0.6) is 5.75 Å². The van der Waals surface area contributed by atoms with Crippen molar-refractivity contribution in [3.8, 4) is 17.0 Å². The van der Waals surface area contributed by atoms with Crippen LogP contribution in [0.1, 0.15) is 52.7 Å². The first-order valence-corrected chi connectivity index (χ1v) is 11.2. The molecule has 0 spiro atoms. The summed E-state index contributed by atoms with van der Waals surface area (Å²) < 4.78 is 18.8. The van der Waals surface area contributed by atoms with Crippen molar-refractivity contribution in [2.45, 2.75) is 55.4 Å². The summed E-state index contributed by atoms with van der Waals surface area (Å²) in [6, 6.07) is 13.8. The molecular weight excluding hydrogens is 622 g/mol. The zero-order valence-electron chi connectivity index (χ0n) is 22.0. The van der Waals surface area contributed by atoms with E-state index in [0.29, 0.717) is 17.0 Å². The van der Waals surface area contributed by atoms with Gasteiger partial charge in [0.25, 0.3) is 0 Å². The Labute approximate surface area is 222 Å². The minimum Gasteiger partial charge on any atom is -0.512 e. The number of rotatable bonds is 3. The van der Waals surface area contributed by atoms with Crippen molar-refractivity contribution in [3.63, 3.8) is 0 Å². The van der Waals surface area contributed by atoms with Crippen molar-refractivity contribution in [2.75, 3.05) is 7.11 Å². The molecule has 4 nitrogen and oxygen atoms in total. The van der Waals surface area contributed by atoms with Gasteiger partial charge < -0.3 is 9.84 Å². The molecule has 3 aromatic rings. The SMILES string of the molecule is CC(C)(C)C(=O)/C=C(\O)C(C)(C)C.COc1cc2ccc(F)cc2nc1-c1[c-]c(C)cc(C)c1.[Ir]. The summed E-state index contributed by atoms with van der Waals surface area (Å²) >= 11 is 0. The fourth-order valence-electron chi connectivity index (χ4n) is 3.05. The third-order valence-electron chi connectivity index (χ3n) is 5.14. The van der Waals surface area contributed by atoms with Crippen molar-refractivity contribution < 1.29 is 39.1 Å². The number of hydrogen-bond acceptors (Lipinski definition) is 4. The molecule has 191 valence electrons. The zero-order valence-corrected chi connectivity index (χ0v) is 24.4. The molecule has 35 heavy (non-hydrogen) atoms. The molecule has 1 aromatic heterocycles. The fourth-order valence-corrected chi connectivity index (χ4v) is 3.05. The number of ketones is 1. The van der Waals surface area contributed by atoms with E-state index in [0.717, 1.165) is 22.1 Å². The third-order valence-corrected chi connectivity index (χ3v) is 5.14. The second-order valence-electron chi connectivity index (χ2n) is 10.5. The molecular formula is C29H35FIrNO3-. The summed E-state index contributed by atoms with van der Waals surface area (Å²) in [7, 11) is 1.61. The molecule has 0 aliphatic carbocycles. The van der Waals surface area contributed by atoms with E-state index in [-0.39, 0.29) is 42.9 Å². The monoisotopic (exact) mass is 657 g/mol. The summed E-state index contributed by atoms with van der Waals surface area (Å²) in [5.74, 6) is 0.471. The van der Waals surface area contributed by atoms with E-state index in [9.17, 15) is 14.3 Å². The molecule has 0 fully saturated rings. The standard InChI is InChI=1S/C18H15FNO.C11H20O2.Ir/c1-11-6-12(2)8-14(7-11)18-17(21-3)9-13-4-5-15(19)10-16(13)20-18;1-10(2,3)8(12)7-9(13)11(4,5)6;/h4-7,9-10H,1-3H3;7,12H,1-6H3;/q-1;;/b;8-7-;. The van der Waals surface area contributed by atoms with Gasteiger partial charge in [-0.05, 0) is 24.3 Å². The normalized spacial score (nSPS) is 11.9. The Balaban J connectivity index is 0.000000383. The molecule has 0 unspecified atom stereocenters. The van der Waals surface area contributed by atoms with Gasteiger partial charge >= 0.3 is 0 Å². The van der Waals surface area contributed by atoms with Gasteiger partial charge in [0.05, 0.1) is 12.6 Å². The average molecular weight is 657 g/mol. The fraction of sp³-hybridized carbons (Fsp3) is 0.379. The number of nitrogens with zero attached hydrogens (tertiary/aromatic N) is 1. The predicted molar refractivity (Wildman–Crippen MR) is 137 cm³/mol. The largest absolute Gasteiger partial charge is 0.512 e. The number of methoxy groups -OCH3 is 1. The summed E-state index contributed by atoms with van der Waals surface area (Å²) in [6.45, 7) is 15.1. The Hall–Kier alpha value is -2.56. The number of aliphatic hydroxyl groups is 1. The first kappa shape index (κ1) is 30.5. The first-order valence-electron chi connectivity index (χ1n) is 11.2. The molecule has 0 aliphatic rings. The number of aromatic nitrogens is 1. The molecule has 2 aromatic carbocycles. The molecule has 0 atom stereocenters. The molecule has 0 saturated carbocycles. The van der Waals surface area contributed by atoms with Crippen LogP contribution in [0.4, 0.5) is 4.39 Å². The molecule has 0 aliphatic heterocycles. The Kier molecular flexibility index (Phi) is 10.4. The molecule has 3 rings (SSSR count). The minimum atomic E-state index is -0.417. The van der Waals surface area contributed by atoms with Gasteiger partial charge in [0.15, 0.2) is 5.78 Å². The van der Waals surface area contributed by atoms with Crippen molar-refractivity contribution in [1.29, 1.82) is 0 Å². The minimum absolute atomic E-state index is 0. The third kappa shape index (κ3) is 8.55. The Morgan fingerprint density at radius 1 is 1.03 bits per heavy atom. The van der Waals surface area contributed by atoms with Gasteiger partial charge in [-0.3, -0.25) is 9.78 Å². The second-order valence-corrected chi connectivity index (χ2v) is 10.5. The number of carbonyl (C=O) groups is 1. The van der Waals surface area contributed by atoms with Crippen molar-refractivity contribution in [2.24, 2.45) is 10.8 Å². The second kappa shape index (κ2) is 11.9. The number of pyridine rings is 1. The van der Waals surface area contributed by atoms with E-state index in [1.165, 1.54) is 18.2 Å². The summed E-state index contributed by atoms with van der Waals surface area (Å²) in [5.41, 5.74) is 3.55. The summed E-state index contributed by atoms with van der Waals surface area (Å²) in [6.07, 6.45) is 1.33. The van der Waals surface area contributed by atoms with E-state index in [1.54, 1.807) is 13.2 Å². The van der Waals surface area contributed by atoms with E-state index in [1.807, 2.05) is 67.5 Å². The number of carbonyl (C=O) groups excluding carboxylic acids is 1. The van der Waals surface area contributed by atoms with Crippen LogP contribution in [0.15, 0.2) is 48.2 Å². The number of benzene rings is 2. The van der Waals surface area contributed by atoms with Crippen LogP contribution in [-0.2, 0) is 24.9 Å². The number of allylic oxidation sites excluding steroid dienone is 2. The van der Waals surface area contributed by atoms with Crippen LogP contribution in [-0.4, -0.2) is 23.0 Å². The molecule has 1 heterocycles. The van der Waals surface area contributed by atoms with Crippen molar-refractivity contribution in [1.82, 2.24) is 4.98 Å². The van der Waals surface area contributed by atoms with Gasteiger partial charge in [-0.1, -0.05) is 55.4 Å². The zero-order chi connectivity index (χ0) is 25.8.